The van der Waals surface area contributed by atoms with E-state index in [1.165, 1.54) is 0 Å². The van der Waals surface area contributed by atoms with E-state index in [1.807, 2.05) is 37.3 Å². The first-order chi connectivity index (χ1) is 9.22. The van der Waals surface area contributed by atoms with Crippen molar-refractivity contribution in [2.24, 2.45) is 0 Å². The summed E-state index contributed by atoms with van der Waals surface area (Å²) in [7, 11) is 1.64. The van der Waals surface area contributed by atoms with Crippen molar-refractivity contribution in [1.29, 1.82) is 5.26 Å². The van der Waals surface area contributed by atoms with Crippen molar-refractivity contribution in [3.8, 4) is 11.8 Å². The molecule has 0 radical (unpaired) electrons. The number of ether oxygens (including phenoxy) is 1. The predicted molar refractivity (Wildman–Crippen MR) is 74.0 cm³/mol. The molecule has 2 aromatic rings. The summed E-state index contributed by atoms with van der Waals surface area (Å²) in [5.41, 5.74) is 2.51. The van der Waals surface area contributed by atoms with Crippen molar-refractivity contribution < 1.29 is 4.74 Å². The van der Waals surface area contributed by atoms with Crippen LogP contribution in [0.1, 0.15) is 16.8 Å². The van der Waals surface area contributed by atoms with Gasteiger partial charge in [-0.15, -0.1) is 0 Å². The zero-order valence-electron chi connectivity index (χ0n) is 11.0. The smallest absolute Gasteiger partial charge is 0.144 e. The van der Waals surface area contributed by atoms with E-state index in [1.54, 1.807) is 13.2 Å². The van der Waals surface area contributed by atoms with Crippen LogP contribution in [0.25, 0.3) is 0 Å². The van der Waals surface area contributed by atoms with Crippen LogP contribution in [0.4, 0.5) is 5.82 Å². The molecule has 4 heteroatoms. The van der Waals surface area contributed by atoms with Gasteiger partial charge in [0.15, 0.2) is 0 Å². The molecular formula is C15H15N3O. The van der Waals surface area contributed by atoms with Crippen LogP contribution in [-0.4, -0.2) is 12.1 Å². The minimum absolute atomic E-state index is 0.550. The van der Waals surface area contributed by atoms with Gasteiger partial charge in [-0.3, -0.25) is 0 Å². The van der Waals surface area contributed by atoms with Gasteiger partial charge in [0.1, 0.15) is 17.6 Å². The highest BCUT2D eigenvalue weighted by atomic mass is 16.5. The van der Waals surface area contributed by atoms with Crippen molar-refractivity contribution in [2.45, 2.75) is 13.5 Å². The Morgan fingerprint density at radius 2 is 2.16 bits per heavy atom. The lowest BCUT2D eigenvalue weighted by Gasteiger charge is -2.09. The summed E-state index contributed by atoms with van der Waals surface area (Å²) >= 11 is 0. The van der Waals surface area contributed by atoms with Crippen LogP contribution in [0.2, 0.25) is 0 Å². The Kier molecular flexibility index (Phi) is 3.99. The van der Waals surface area contributed by atoms with Crippen LogP contribution in [0, 0.1) is 18.3 Å². The van der Waals surface area contributed by atoms with E-state index >= 15 is 0 Å². The summed E-state index contributed by atoms with van der Waals surface area (Å²) in [5.74, 6) is 1.43. The second kappa shape index (κ2) is 5.87. The van der Waals surface area contributed by atoms with Gasteiger partial charge in [-0.05, 0) is 36.8 Å². The number of anilines is 1. The number of pyridine rings is 1. The lowest BCUT2D eigenvalue weighted by atomic mass is 10.2. The summed E-state index contributed by atoms with van der Waals surface area (Å²) in [6, 6.07) is 13.5. The van der Waals surface area contributed by atoms with E-state index < -0.39 is 0 Å². The Labute approximate surface area is 112 Å². The topological polar surface area (TPSA) is 57.9 Å². The fourth-order valence-electron chi connectivity index (χ4n) is 1.75. The number of nitrogens with one attached hydrogen (secondary N) is 1. The maximum atomic E-state index is 9.04. The molecule has 0 amide bonds. The average Bonchev–Trinajstić information content (AvgIpc) is 2.45. The van der Waals surface area contributed by atoms with Gasteiger partial charge in [0.2, 0.25) is 0 Å². The molecule has 96 valence electrons. The number of aromatic nitrogens is 1. The predicted octanol–water partition coefficient (Wildman–Crippen LogP) is 2.88. The number of rotatable bonds is 4. The van der Waals surface area contributed by atoms with E-state index in [0.29, 0.717) is 17.9 Å². The number of nitriles is 1. The molecule has 4 nitrogen and oxygen atoms in total. The lowest BCUT2D eigenvalue weighted by molar-refractivity contribution is 0.414. The van der Waals surface area contributed by atoms with Crippen LogP contribution in [0.3, 0.4) is 0 Å². The van der Waals surface area contributed by atoms with Crippen molar-refractivity contribution in [3.05, 3.63) is 53.2 Å². The molecule has 1 N–H and O–H groups in total. The second-order valence-electron chi connectivity index (χ2n) is 4.17. The monoisotopic (exact) mass is 253 g/mol. The zero-order valence-corrected chi connectivity index (χ0v) is 11.0. The molecule has 0 spiro atoms. The van der Waals surface area contributed by atoms with Crippen LogP contribution in [0.15, 0.2) is 36.4 Å². The normalized spacial score (nSPS) is 9.74. The number of methoxy groups -OCH3 is 1. The number of hydrogen-bond acceptors (Lipinski definition) is 4. The molecule has 0 bridgehead atoms. The Balaban J connectivity index is 2.14. The minimum Gasteiger partial charge on any atom is -0.497 e. The van der Waals surface area contributed by atoms with E-state index in [4.69, 9.17) is 10.00 Å². The van der Waals surface area contributed by atoms with Gasteiger partial charge in [0.05, 0.1) is 12.7 Å². The first-order valence-electron chi connectivity index (χ1n) is 5.97. The molecule has 0 aliphatic rings. The van der Waals surface area contributed by atoms with Crippen LogP contribution in [-0.2, 0) is 6.54 Å². The van der Waals surface area contributed by atoms with Crippen molar-refractivity contribution in [1.82, 2.24) is 4.98 Å². The SMILES string of the molecule is COc1cccc(CNc2nc(C)ccc2C#N)c1. The van der Waals surface area contributed by atoms with Crippen molar-refractivity contribution in [3.63, 3.8) is 0 Å². The van der Waals surface area contributed by atoms with E-state index in [2.05, 4.69) is 16.4 Å². The number of nitrogens with zero attached hydrogens (tertiary/aromatic N) is 2. The van der Waals surface area contributed by atoms with Crippen molar-refractivity contribution >= 4 is 5.82 Å². The van der Waals surface area contributed by atoms with E-state index in [-0.39, 0.29) is 0 Å². The second-order valence-corrected chi connectivity index (χ2v) is 4.17. The van der Waals surface area contributed by atoms with E-state index in [9.17, 15) is 0 Å². The molecular weight excluding hydrogens is 238 g/mol. The number of hydrogen-bond donors (Lipinski definition) is 1. The summed E-state index contributed by atoms with van der Waals surface area (Å²) in [6.07, 6.45) is 0. The minimum atomic E-state index is 0.550. The summed E-state index contributed by atoms with van der Waals surface area (Å²) in [5, 5.41) is 12.2. The molecule has 0 aliphatic carbocycles. The van der Waals surface area contributed by atoms with Crippen LogP contribution >= 0.6 is 0 Å². The fourth-order valence-corrected chi connectivity index (χ4v) is 1.75. The Bertz CT molecular complexity index is 617. The molecule has 2 rings (SSSR count). The van der Waals surface area contributed by atoms with Crippen LogP contribution in [0.5, 0.6) is 5.75 Å². The molecule has 0 unspecified atom stereocenters. The standard InChI is InChI=1S/C15H15N3O/c1-11-6-7-13(9-16)15(18-11)17-10-12-4-3-5-14(8-12)19-2/h3-8H,10H2,1-2H3,(H,17,18). The van der Waals surface area contributed by atoms with Crippen LogP contribution < -0.4 is 10.1 Å². The lowest BCUT2D eigenvalue weighted by Crippen LogP contribution is -2.04. The third-order valence-electron chi connectivity index (χ3n) is 2.75. The molecule has 0 saturated carbocycles. The third kappa shape index (κ3) is 3.23. The molecule has 0 aliphatic heterocycles. The van der Waals surface area contributed by atoms with Gasteiger partial charge in [-0.25, -0.2) is 4.98 Å². The molecule has 0 saturated heterocycles. The average molecular weight is 253 g/mol. The molecule has 1 aromatic carbocycles. The quantitative estimate of drug-likeness (QED) is 0.910. The van der Waals surface area contributed by atoms with E-state index in [0.717, 1.165) is 17.0 Å². The maximum Gasteiger partial charge on any atom is 0.144 e. The van der Waals surface area contributed by atoms with Crippen molar-refractivity contribution in [2.75, 3.05) is 12.4 Å². The summed E-state index contributed by atoms with van der Waals surface area (Å²) < 4.78 is 5.18. The van der Waals surface area contributed by atoms with Gasteiger partial charge in [0.25, 0.3) is 0 Å². The van der Waals surface area contributed by atoms with Gasteiger partial charge in [0, 0.05) is 12.2 Å². The number of benzene rings is 1. The Hall–Kier alpha value is -2.54. The fraction of sp³-hybridized carbons (Fsp3) is 0.200. The molecule has 1 aromatic heterocycles. The first kappa shape index (κ1) is 12.9. The maximum absolute atomic E-state index is 9.04. The van der Waals surface area contributed by atoms with Gasteiger partial charge in [-0.2, -0.15) is 5.26 Å². The highest BCUT2D eigenvalue weighted by Crippen LogP contribution is 2.16. The Morgan fingerprint density at radius 1 is 1.32 bits per heavy atom. The molecule has 0 fully saturated rings. The summed E-state index contributed by atoms with van der Waals surface area (Å²) in [4.78, 5) is 4.34. The highest BCUT2D eigenvalue weighted by Gasteiger charge is 2.04. The summed E-state index contributed by atoms with van der Waals surface area (Å²) in [6.45, 7) is 2.50. The highest BCUT2D eigenvalue weighted by molar-refractivity contribution is 5.52. The number of aryl methyl sites for hydroxylation is 1. The Morgan fingerprint density at radius 3 is 2.89 bits per heavy atom. The van der Waals surface area contributed by atoms with Gasteiger partial charge < -0.3 is 10.1 Å². The third-order valence-corrected chi connectivity index (χ3v) is 2.75. The first-order valence-corrected chi connectivity index (χ1v) is 5.97. The van der Waals surface area contributed by atoms with Gasteiger partial charge >= 0.3 is 0 Å². The van der Waals surface area contributed by atoms with Gasteiger partial charge in [-0.1, -0.05) is 12.1 Å². The largest absolute Gasteiger partial charge is 0.497 e. The molecule has 19 heavy (non-hydrogen) atoms. The molecule has 0 atom stereocenters. The molecule has 1 heterocycles. The zero-order chi connectivity index (χ0) is 13.7.